The second-order valence-electron chi connectivity index (χ2n) is 4.41. The molecule has 0 aromatic heterocycles. The zero-order valence-corrected chi connectivity index (χ0v) is 11.0. The smallest absolute Gasteiger partial charge is 0.392 e. The van der Waals surface area contributed by atoms with Gasteiger partial charge >= 0.3 is 6.18 Å². The minimum atomic E-state index is -4.41. The van der Waals surface area contributed by atoms with Crippen LogP contribution < -0.4 is 10.6 Å². The molecule has 0 aliphatic rings. The van der Waals surface area contributed by atoms with E-state index in [2.05, 4.69) is 5.32 Å². The summed E-state index contributed by atoms with van der Waals surface area (Å²) in [5, 5.41) is 13.6. The highest BCUT2D eigenvalue weighted by Gasteiger charge is 2.28. The number of hydrogen-bond donors (Lipinski definition) is 3. The zero-order valence-electron chi connectivity index (χ0n) is 11.0. The van der Waals surface area contributed by atoms with Crippen LogP contribution in [0.4, 0.5) is 13.2 Å². The quantitative estimate of drug-likeness (QED) is 0.741. The molecule has 1 rings (SSSR count). The highest BCUT2D eigenvalue weighted by molar-refractivity contribution is 5.81. The first-order valence-electron chi connectivity index (χ1n) is 6.08. The average Bonchev–Trinajstić information content (AvgIpc) is 2.41. The molecule has 7 heteroatoms. The highest BCUT2D eigenvalue weighted by atomic mass is 19.4. The first-order chi connectivity index (χ1) is 9.31. The van der Waals surface area contributed by atoms with Gasteiger partial charge < -0.3 is 15.7 Å². The molecular formula is C13H17F3N2O2. The van der Waals surface area contributed by atoms with E-state index in [1.165, 1.54) is 6.92 Å². The van der Waals surface area contributed by atoms with Gasteiger partial charge in [0.25, 0.3) is 0 Å². The number of benzene rings is 1. The number of nitrogens with one attached hydrogen (secondary N) is 2. The van der Waals surface area contributed by atoms with Gasteiger partial charge in [-0.15, -0.1) is 0 Å². The van der Waals surface area contributed by atoms with Gasteiger partial charge in [-0.05, 0) is 18.1 Å². The molecule has 0 saturated heterocycles. The standard InChI is InChI=1S/C13H17F3N2O2/c1-9(12(20)18-8-13(14,15)16)17-6-10-3-2-4-11(5-10)7-19/h2-5,9,17,19H,6-8H2,1H3,(H,18,20). The molecular weight excluding hydrogens is 273 g/mol. The van der Waals surface area contributed by atoms with Gasteiger partial charge in [0.1, 0.15) is 6.54 Å². The minimum absolute atomic E-state index is 0.0878. The molecule has 0 aliphatic carbocycles. The van der Waals surface area contributed by atoms with Gasteiger partial charge in [0, 0.05) is 6.54 Å². The molecule has 0 spiro atoms. The Morgan fingerprint density at radius 1 is 1.35 bits per heavy atom. The van der Waals surface area contributed by atoms with E-state index >= 15 is 0 Å². The lowest BCUT2D eigenvalue weighted by atomic mass is 10.1. The molecule has 0 aliphatic heterocycles. The minimum Gasteiger partial charge on any atom is -0.392 e. The maximum absolute atomic E-state index is 12.0. The predicted molar refractivity (Wildman–Crippen MR) is 67.7 cm³/mol. The number of amides is 1. The number of hydrogen-bond acceptors (Lipinski definition) is 3. The molecule has 0 bridgehead atoms. The van der Waals surface area contributed by atoms with Crippen LogP contribution in [-0.4, -0.2) is 29.8 Å². The number of rotatable bonds is 6. The summed E-state index contributed by atoms with van der Waals surface area (Å²) in [7, 11) is 0. The van der Waals surface area contributed by atoms with E-state index < -0.39 is 24.7 Å². The van der Waals surface area contributed by atoms with Gasteiger partial charge in [0.15, 0.2) is 0 Å². The Morgan fingerprint density at radius 3 is 2.60 bits per heavy atom. The van der Waals surface area contributed by atoms with Crippen molar-refractivity contribution >= 4 is 5.91 Å². The van der Waals surface area contributed by atoms with E-state index in [-0.39, 0.29) is 6.61 Å². The summed E-state index contributed by atoms with van der Waals surface area (Å²) in [6.45, 7) is 0.392. The third-order valence-corrected chi connectivity index (χ3v) is 2.64. The van der Waals surface area contributed by atoms with Crippen molar-refractivity contribution in [3.63, 3.8) is 0 Å². The van der Waals surface area contributed by atoms with Crippen LogP contribution in [0, 0.1) is 0 Å². The van der Waals surface area contributed by atoms with Gasteiger partial charge in [-0.3, -0.25) is 4.79 Å². The summed E-state index contributed by atoms with van der Waals surface area (Å²) >= 11 is 0. The SMILES string of the molecule is CC(NCc1cccc(CO)c1)C(=O)NCC(F)(F)F. The van der Waals surface area contributed by atoms with E-state index in [4.69, 9.17) is 5.11 Å². The number of carbonyl (C=O) groups is 1. The molecule has 0 saturated carbocycles. The molecule has 0 fully saturated rings. The lowest BCUT2D eigenvalue weighted by Crippen LogP contribution is -2.44. The second kappa shape index (κ2) is 7.25. The van der Waals surface area contributed by atoms with Crippen LogP contribution in [0.2, 0.25) is 0 Å². The Hall–Kier alpha value is -1.60. The normalized spacial score (nSPS) is 13.1. The van der Waals surface area contributed by atoms with Crippen molar-refractivity contribution in [3.8, 4) is 0 Å². The van der Waals surface area contributed by atoms with Gasteiger partial charge in [-0.1, -0.05) is 24.3 Å². The molecule has 1 atom stereocenters. The summed E-state index contributed by atoms with van der Waals surface area (Å²) in [5.74, 6) is -0.708. The van der Waals surface area contributed by atoms with Crippen LogP contribution in [0.25, 0.3) is 0 Å². The number of aliphatic hydroxyl groups excluding tert-OH is 1. The molecule has 20 heavy (non-hydrogen) atoms. The Balaban J connectivity index is 2.42. The molecule has 112 valence electrons. The van der Waals surface area contributed by atoms with Crippen molar-refractivity contribution in [2.24, 2.45) is 0 Å². The zero-order chi connectivity index (χ0) is 15.2. The first kappa shape index (κ1) is 16.5. The van der Waals surface area contributed by atoms with Crippen molar-refractivity contribution in [1.82, 2.24) is 10.6 Å². The summed E-state index contributed by atoms with van der Waals surface area (Å²) in [6, 6.07) is 6.33. The van der Waals surface area contributed by atoms with Crippen LogP contribution >= 0.6 is 0 Å². The highest BCUT2D eigenvalue weighted by Crippen LogP contribution is 2.12. The summed E-state index contributed by atoms with van der Waals surface area (Å²) in [4.78, 5) is 11.4. The number of alkyl halides is 3. The number of carbonyl (C=O) groups excluding carboxylic acids is 1. The van der Waals surface area contributed by atoms with Crippen molar-refractivity contribution in [2.45, 2.75) is 32.3 Å². The van der Waals surface area contributed by atoms with Gasteiger partial charge in [-0.25, -0.2) is 0 Å². The van der Waals surface area contributed by atoms with Crippen LogP contribution in [0.1, 0.15) is 18.1 Å². The summed E-state index contributed by atoms with van der Waals surface area (Å²) < 4.78 is 35.9. The Bertz CT molecular complexity index is 449. The molecule has 1 amide bonds. The lowest BCUT2D eigenvalue weighted by molar-refractivity contribution is -0.139. The van der Waals surface area contributed by atoms with E-state index in [0.29, 0.717) is 6.54 Å². The van der Waals surface area contributed by atoms with Crippen LogP contribution in [0.3, 0.4) is 0 Å². The van der Waals surface area contributed by atoms with Crippen molar-refractivity contribution in [3.05, 3.63) is 35.4 Å². The van der Waals surface area contributed by atoms with Crippen LogP contribution in [0.5, 0.6) is 0 Å². The number of halogens is 3. The molecule has 1 unspecified atom stereocenters. The maximum atomic E-state index is 12.0. The van der Waals surface area contributed by atoms with Crippen molar-refractivity contribution in [1.29, 1.82) is 0 Å². The monoisotopic (exact) mass is 290 g/mol. The molecule has 1 aromatic carbocycles. The Morgan fingerprint density at radius 2 is 2.00 bits per heavy atom. The van der Waals surface area contributed by atoms with E-state index in [9.17, 15) is 18.0 Å². The predicted octanol–water partition coefficient (Wildman–Crippen LogP) is 1.34. The van der Waals surface area contributed by atoms with E-state index in [1.54, 1.807) is 24.3 Å². The van der Waals surface area contributed by atoms with E-state index in [0.717, 1.165) is 11.1 Å². The molecule has 0 radical (unpaired) electrons. The van der Waals surface area contributed by atoms with Crippen LogP contribution in [0.15, 0.2) is 24.3 Å². The molecule has 1 aromatic rings. The van der Waals surface area contributed by atoms with Crippen LogP contribution in [-0.2, 0) is 17.9 Å². The summed E-state index contributed by atoms with van der Waals surface area (Å²) in [6.07, 6.45) is -4.41. The van der Waals surface area contributed by atoms with Gasteiger partial charge in [0.05, 0.1) is 12.6 Å². The third-order valence-electron chi connectivity index (χ3n) is 2.64. The average molecular weight is 290 g/mol. The fourth-order valence-electron chi connectivity index (χ4n) is 1.54. The second-order valence-corrected chi connectivity index (χ2v) is 4.41. The molecule has 3 N–H and O–H groups in total. The third kappa shape index (κ3) is 6.03. The van der Waals surface area contributed by atoms with E-state index in [1.807, 2.05) is 5.32 Å². The fraction of sp³-hybridized carbons (Fsp3) is 0.462. The Kier molecular flexibility index (Phi) is 5.97. The number of aliphatic hydroxyl groups is 1. The van der Waals surface area contributed by atoms with Crippen molar-refractivity contribution in [2.75, 3.05) is 6.54 Å². The molecule has 0 heterocycles. The fourth-order valence-corrected chi connectivity index (χ4v) is 1.54. The van der Waals surface area contributed by atoms with Gasteiger partial charge in [-0.2, -0.15) is 13.2 Å². The Labute approximate surface area is 115 Å². The summed E-state index contributed by atoms with van der Waals surface area (Å²) in [5.41, 5.74) is 1.57. The largest absolute Gasteiger partial charge is 0.405 e. The maximum Gasteiger partial charge on any atom is 0.405 e. The van der Waals surface area contributed by atoms with Crippen molar-refractivity contribution < 1.29 is 23.1 Å². The lowest BCUT2D eigenvalue weighted by Gasteiger charge is -2.15. The molecule has 4 nitrogen and oxygen atoms in total. The topological polar surface area (TPSA) is 61.4 Å². The first-order valence-corrected chi connectivity index (χ1v) is 6.08. The van der Waals surface area contributed by atoms with Gasteiger partial charge in [0.2, 0.25) is 5.91 Å².